The lowest BCUT2D eigenvalue weighted by Gasteiger charge is -2.13. The third kappa shape index (κ3) is 6.05. The average Bonchev–Trinajstić information content (AvgIpc) is 2.55. The molecule has 1 N–H and O–H groups in total. The normalized spacial score (nSPS) is 11.0. The van der Waals surface area contributed by atoms with Crippen LogP contribution in [-0.2, 0) is 4.79 Å². The molecule has 2 aromatic carbocycles. The zero-order chi connectivity index (χ0) is 18.4. The van der Waals surface area contributed by atoms with Crippen molar-refractivity contribution in [3.63, 3.8) is 0 Å². The van der Waals surface area contributed by atoms with Gasteiger partial charge in [0.15, 0.2) is 6.61 Å². The standard InChI is InChI=1S/C19H21F2NO2S/c1-12(2)14-5-4-13(3)17(10-14)24-11-18(23)22-15-6-8-16(9-7-15)25-19(20)21/h4-10,12,19H,11H2,1-3H3,(H,22,23). The van der Waals surface area contributed by atoms with Gasteiger partial charge in [-0.25, -0.2) is 0 Å². The molecule has 6 heteroatoms. The highest BCUT2D eigenvalue weighted by atomic mass is 32.2. The maximum Gasteiger partial charge on any atom is 0.288 e. The Kier molecular flexibility index (Phi) is 6.82. The molecule has 0 aliphatic heterocycles. The molecule has 2 aromatic rings. The highest BCUT2D eigenvalue weighted by molar-refractivity contribution is 7.99. The molecule has 0 aliphatic carbocycles. The fourth-order valence-electron chi connectivity index (χ4n) is 2.19. The van der Waals surface area contributed by atoms with Crippen LogP contribution < -0.4 is 10.1 Å². The molecule has 0 saturated heterocycles. The molecule has 0 bridgehead atoms. The lowest BCUT2D eigenvalue weighted by atomic mass is 10.0. The number of nitrogens with one attached hydrogen (secondary N) is 1. The molecule has 0 saturated carbocycles. The minimum absolute atomic E-state index is 0.115. The van der Waals surface area contributed by atoms with Crippen molar-refractivity contribution >= 4 is 23.4 Å². The minimum atomic E-state index is -2.46. The van der Waals surface area contributed by atoms with E-state index < -0.39 is 5.76 Å². The van der Waals surface area contributed by atoms with Gasteiger partial charge < -0.3 is 10.1 Å². The van der Waals surface area contributed by atoms with Crippen LogP contribution in [0.5, 0.6) is 5.75 Å². The number of rotatable bonds is 7. The molecule has 0 aliphatic rings. The number of ether oxygens (including phenoxy) is 1. The van der Waals surface area contributed by atoms with Gasteiger partial charge in [-0.1, -0.05) is 37.7 Å². The molecule has 3 nitrogen and oxygen atoms in total. The monoisotopic (exact) mass is 365 g/mol. The SMILES string of the molecule is Cc1ccc(C(C)C)cc1OCC(=O)Nc1ccc(SC(F)F)cc1. The van der Waals surface area contributed by atoms with E-state index in [9.17, 15) is 13.6 Å². The van der Waals surface area contributed by atoms with Crippen LogP contribution in [0.3, 0.4) is 0 Å². The molecule has 25 heavy (non-hydrogen) atoms. The summed E-state index contributed by atoms with van der Waals surface area (Å²) in [6.45, 7) is 6.00. The van der Waals surface area contributed by atoms with Crippen LogP contribution in [0.1, 0.15) is 30.9 Å². The first-order valence-corrected chi connectivity index (χ1v) is 8.81. The third-order valence-corrected chi connectivity index (χ3v) is 4.32. The van der Waals surface area contributed by atoms with Crippen molar-refractivity contribution < 1.29 is 18.3 Å². The van der Waals surface area contributed by atoms with Crippen LogP contribution in [0.2, 0.25) is 0 Å². The predicted molar refractivity (Wildman–Crippen MR) is 97.7 cm³/mol. The van der Waals surface area contributed by atoms with Gasteiger partial charge in [-0.2, -0.15) is 8.78 Å². The first-order chi connectivity index (χ1) is 11.8. The van der Waals surface area contributed by atoms with Crippen molar-refractivity contribution in [2.45, 2.75) is 37.3 Å². The fraction of sp³-hybridized carbons (Fsp3) is 0.316. The van der Waals surface area contributed by atoms with E-state index in [0.717, 1.165) is 11.1 Å². The molecule has 1 amide bonds. The number of carbonyl (C=O) groups is 1. The first-order valence-electron chi connectivity index (χ1n) is 7.93. The molecule has 134 valence electrons. The van der Waals surface area contributed by atoms with Gasteiger partial charge in [0.2, 0.25) is 0 Å². The number of thioether (sulfide) groups is 1. The van der Waals surface area contributed by atoms with Gasteiger partial charge in [-0.15, -0.1) is 0 Å². The van der Waals surface area contributed by atoms with Gasteiger partial charge >= 0.3 is 0 Å². The van der Waals surface area contributed by atoms with Crippen LogP contribution in [0.25, 0.3) is 0 Å². The van der Waals surface area contributed by atoms with Gasteiger partial charge in [0.25, 0.3) is 11.7 Å². The summed E-state index contributed by atoms with van der Waals surface area (Å²) < 4.78 is 30.2. The minimum Gasteiger partial charge on any atom is -0.483 e. The summed E-state index contributed by atoms with van der Waals surface area (Å²) in [5.41, 5.74) is 2.65. The van der Waals surface area contributed by atoms with Crippen molar-refractivity contribution in [1.29, 1.82) is 0 Å². The number of anilines is 1. The number of alkyl halides is 2. The summed E-state index contributed by atoms with van der Waals surface area (Å²) >= 11 is 0.468. The number of amides is 1. The Morgan fingerprint density at radius 2 is 1.84 bits per heavy atom. The highest BCUT2D eigenvalue weighted by Gasteiger charge is 2.09. The summed E-state index contributed by atoms with van der Waals surface area (Å²) in [6, 6.07) is 12.2. The predicted octanol–water partition coefficient (Wildman–Crippen LogP) is 5.45. The van der Waals surface area contributed by atoms with Crippen LogP contribution in [-0.4, -0.2) is 18.3 Å². The molecular weight excluding hydrogens is 344 g/mol. The van der Waals surface area contributed by atoms with Gasteiger partial charge in [-0.05, 0) is 54.3 Å². The summed E-state index contributed by atoms with van der Waals surface area (Å²) in [4.78, 5) is 12.5. The Hall–Kier alpha value is -2.08. The van der Waals surface area contributed by atoms with Crippen LogP contribution in [0, 0.1) is 6.92 Å². The van der Waals surface area contributed by atoms with Gasteiger partial charge in [0.05, 0.1) is 0 Å². The van der Waals surface area contributed by atoms with Crippen LogP contribution in [0.4, 0.5) is 14.5 Å². The smallest absolute Gasteiger partial charge is 0.288 e. The highest BCUT2D eigenvalue weighted by Crippen LogP contribution is 2.26. The zero-order valence-corrected chi connectivity index (χ0v) is 15.2. The summed E-state index contributed by atoms with van der Waals surface area (Å²) in [5.74, 6) is -1.70. The van der Waals surface area contributed by atoms with Gasteiger partial charge in [-0.3, -0.25) is 4.79 Å². The molecule has 0 radical (unpaired) electrons. The Morgan fingerprint density at radius 1 is 1.16 bits per heavy atom. The van der Waals surface area contributed by atoms with E-state index in [-0.39, 0.29) is 12.5 Å². The lowest BCUT2D eigenvalue weighted by Crippen LogP contribution is -2.20. The van der Waals surface area contributed by atoms with Crippen molar-refractivity contribution in [2.24, 2.45) is 0 Å². The van der Waals surface area contributed by atoms with E-state index in [1.165, 1.54) is 0 Å². The van der Waals surface area contributed by atoms with E-state index in [4.69, 9.17) is 4.74 Å². The molecular formula is C19H21F2NO2S. The Bertz CT molecular complexity index is 718. The third-order valence-electron chi connectivity index (χ3n) is 3.60. The van der Waals surface area contributed by atoms with E-state index in [2.05, 4.69) is 19.2 Å². The van der Waals surface area contributed by atoms with Gasteiger partial charge in [0.1, 0.15) is 5.75 Å². The molecule has 2 rings (SSSR count). The second-order valence-corrected chi connectivity index (χ2v) is 6.98. The van der Waals surface area contributed by atoms with Crippen molar-refractivity contribution in [1.82, 2.24) is 0 Å². The van der Waals surface area contributed by atoms with E-state index >= 15 is 0 Å². The Morgan fingerprint density at radius 3 is 2.44 bits per heavy atom. The molecule has 0 atom stereocenters. The summed E-state index contributed by atoms with van der Waals surface area (Å²) in [6.07, 6.45) is 0. The quantitative estimate of drug-likeness (QED) is 0.663. The van der Waals surface area contributed by atoms with Crippen molar-refractivity contribution in [2.75, 3.05) is 11.9 Å². The topological polar surface area (TPSA) is 38.3 Å². The zero-order valence-electron chi connectivity index (χ0n) is 14.4. The second-order valence-electron chi connectivity index (χ2n) is 5.92. The Labute approximate surface area is 150 Å². The molecule has 0 spiro atoms. The van der Waals surface area contributed by atoms with E-state index in [1.54, 1.807) is 24.3 Å². The number of aryl methyl sites for hydroxylation is 1. The van der Waals surface area contributed by atoms with Crippen LogP contribution >= 0.6 is 11.8 Å². The number of carbonyl (C=O) groups excluding carboxylic acids is 1. The lowest BCUT2D eigenvalue weighted by molar-refractivity contribution is -0.118. The number of hydrogen-bond donors (Lipinski definition) is 1. The average molecular weight is 365 g/mol. The van der Waals surface area contributed by atoms with Crippen molar-refractivity contribution in [3.05, 3.63) is 53.6 Å². The Balaban J connectivity index is 1.91. The molecule has 0 heterocycles. The second kappa shape index (κ2) is 8.85. The summed E-state index contributed by atoms with van der Waals surface area (Å²) in [5, 5.41) is 2.69. The van der Waals surface area contributed by atoms with Crippen LogP contribution in [0.15, 0.2) is 47.4 Å². The van der Waals surface area contributed by atoms with E-state index in [0.29, 0.717) is 34.0 Å². The number of benzene rings is 2. The fourth-order valence-corrected chi connectivity index (χ4v) is 2.69. The summed E-state index contributed by atoms with van der Waals surface area (Å²) in [7, 11) is 0. The van der Waals surface area contributed by atoms with E-state index in [1.807, 2.05) is 25.1 Å². The van der Waals surface area contributed by atoms with Crippen molar-refractivity contribution in [3.8, 4) is 5.75 Å². The maximum atomic E-state index is 12.3. The number of hydrogen-bond acceptors (Lipinski definition) is 3. The number of halogens is 2. The largest absolute Gasteiger partial charge is 0.483 e. The molecule has 0 aromatic heterocycles. The first kappa shape index (κ1) is 19.2. The maximum absolute atomic E-state index is 12.3. The van der Waals surface area contributed by atoms with Gasteiger partial charge in [0, 0.05) is 10.6 Å². The molecule has 0 unspecified atom stereocenters. The molecule has 0 fully saturated rings.